The summed E-state index contributed by atoms with van der Waals surface area (Å²) in [6, 6.07) is 15.2. The Balaban J connectivity index is 1.45. The van der Waals surface area contributed by atoms with Gasteiger partial charge >= 0.3 is 0 Å². The highest BCUT2D eigenvalue weighted by Crippen LogP contribution is 2.67. The molecule has 5 rings (SSSR count). The van der Waals surface area contributed by atoms with Gasteiger partial charge in [0.15, 0.2) is 5.78 Å². The minimum absolute atomic E-state index is 0.0807. The number of carbonyl (C=O) groups excluding carboxylic acids is 2. The van der Waals surface area contributed by atoms with Gasteiger partial charge in [0.05, 0.1) is 12.5 Å². The number of piperidine rings is 1. The fraction of sp³-hybridized carbons (Fsp3) is 0.217. The minimum atomic E-state index is -0.464. The van der Waals surface area contributed by atoms with Gasteiger partial charge in [-0.05, 0) is 47.8 Å². The van der Waals surface area contributed by atoms with Gasteiger partial charge in [-0.15, -0.1) is 0 Å². The second kappa shape index (κ2) is 5.68. The highest BCUT2D eigenvalue weighted by atomic mass is 16.5. The van der Waals surface area contributed by atoms with Crippen molar-refractivity contribution in [3.63, 3.8) is 0 Å². The van der Waals surface area contributed by atoms with Crippen LogP contribution in [0.25, 0.3) is 12.2 Å². The summed E-state index contributed by atoms with van der Waals surface area (Å²) in [4.78, 5) is 27.7. The Morgan fingerprint density at radius 3 is 2.93 bits per heavy atom. The lowest BCUT2D eigenvalue weighted by atomic mass is 9.83. The quantitative estimate of drug-likeness (QED) is 0.785. The third-order valence-electron chi connectivity index (χ3n) is 5.94. The van der Waals surface area contributed by atoms with Gasteiger partial charge in [-0.2, -0.15) is 0 Å². The first kappa shape index (κ1) is 16.1. The smallest absolute Gasteiger partial charge is 0.250 e. The first-order chi connectivity index (χ1) is 13.1. The lowest BCUT2D eigenvalue weighted by Gasteiger charge is -2.27. The van der Waals surface area contributed by atoms with E-state index in [1.165, 1.54) is 0 Å². The van der Waals surface area contributed by atoms with Crippen LogP contribution in [0.5, 0.6) is 5.75 Å². The molecule has 2 atom stereocenters. The molecule has 2 aromatic rings. The van der Waals surface area contributed by atoms with Gasteiger partial charge in [0.25, 0.3) is 5.91 Å². The van der Waals surface area contributed by atoms with Gasteiger partial charge < -0.3 is 9.64 Å². The number of allylic oxidation sites excluding steroid dienone is 1. The molecule has 0 N–H and O–H groups in total. The highest BCUT2D eigenvalue weighted by molar-refractivity contribution is 6.12. The molecule has 0 unspecified atom stereocenters. The molecular weight excluding hydrogens is 338 g/mol. The Morgan fingerprint density at radius 2 is 2.07 bits per heavy atom. The second-order valence-corrected chi connectivity index (χ2v) is 7.38. The van der Waals surface area contributed by atoms with Crippen LogP contribution in [-0.4, -0.2) is 30.2 Å². The van der Waals surface area contributed by atoms with Crippen molar-refractivity contribution in [3.8, 4) is 5.75 Å². The van der Waals surface area contributed by atoms with E-state index in [0.717, 1.165) is 34.6 Å². The molecule has 134 valence electrons. The van der Waals surface area contributed by atoms with Crippen molar-refractivity contribution in [3.05, 3.63) is 77.0 Å². The molecule has 4 heteroatoms. The minimum Gasteiger partial charge on any atom is -0.497 e. The standard InChI is InChI=1S/C23H19NO3/c1-27-18-7-4-5-15(11-18)9-10-21(25)24-14-17-13-23(17)20(24)12-16-6-2-3-8-19(16)22(23)26/h2-12,17H,13-14H2,1H3/b10-9+/t17-,23+/m1/s1. The number of nitrogens with zero attached hydrogens (tertiary/aromatic N) is 1. The molecule has 1 heterocycles. The van der Waals surface area contributed by atoms with Crippen molar-refractivity contribution in [2.24, 2.45) is 11.3 Å². The molecular formula is C23H19NO3. The zero-order valence-electron chi connectivity index (χ0n) is 15.0. The lowest BCUT2D eigenvalue weighted by molar-refractivity contribution is -0.123. The number of ether oxygens (including phenoxy) is 1. The number of hydrogen-bond acceptors (Lipinski definition) is 3. The van der Waals surface area contributed by atoms with E-state index in [9.17, 15) is 9.59 Å². The van der Waals surface area contributed by atoms with E-state index in [1.54, 1.807) is 24.2 Å². The highest BCUT2D eigenvalue weighted by Gasteiger charge is 2.69. The first-order valence-electron chi connectivity index (χ1n) is 9.13. The molecule has 2 aliphatic carbocycles. The van der Waals surface area contributed by atoms with Crippen LogP contribution in [0, 0.1) is 11.3 Å². The first-order valence-corrected chi connectivity index (χ1v) is 9.13. The van der Waals surface area contributed by atoms with Crippen LogP contribution in [0.3, 0.4) is 0 Å². The Bertz CT molecular complexity index is 1040. The van der Waals surface area contributed by atoms with Crippen LogP contribution in [0.4, 0.5) is 0 Å². The molecule has 1 saturated heterocycles. The number of fused-ring (bicyclic) bond motifs is 1. The number of Topliss-reactive ketones (excluding diaryl/α,β-unsaturated/α-hetero) is 1. The molecule has 1 saturated carbocycles. The van der Waals surface area contributed by atoms with Gasteiger partial charge in [-0.1, -0.05) is 36.4 Å². The van der Waals surface area contributed by atoms with E-state index in [0.29, 0.717) is 6.54 Å². The SMILES string of the molecule is COc1cccc(/C=C/C(=O)N2C[C@H]3C[C@]34C(=O)c3ccccc3C=C24)c1. The summed E-state index contributed by atoms with van der Waals surface area (Å²) in [5.74, 6) is 1.09. The van der Waals surface area contributed by atoms with Crippen molar-refractivity contribution >= 4 is 23.8 Å². The third-order valence-corrected chi connectivity index (χ3v) is 5.94. The maximum atomic E-state index is 13.1. The van der Waals surface area contributed by atoms with E-state index < -0.39 is 5.41 Å². The van der Waals surface area contributed by atoms with Crippen molar-refractivity contribution in [2.75, 3.05) is 13.7 Å². The Morgan fingerprint density at radius 1 is 1.22 bits per heavy atom. The van der Waals surface area contributed by atoms with E-state index in [4.69, 9.17) is 4.74 Å². The zero-order chi connectivity index (χ0) is 18.6. The number of methoxy groups -OCH3 is 1. The molecule has 1 amide bonds. The average Bonchev–Trinajstić information content (AvgIpc) is 3.33. The van der Waals surface area contributed by atoms with E-state index in [-0.39, 0.29) is 17.6 Å². The normalized spacial score (nSPS) is 24.9. The van der Waals surface area contributed by atoms with Crippen LogP contribution < -0.4 is 4.74 Å². The zero-order valence-corrected chi connectivity index (χ0v) is 15.0. The van der Waals surface area contributed by atoms with Crippen molar-refractivity contribution in [2.45, 2.75) is 6.42 Å². The predicted molar refractivity (Wildman–Crippen MR) is 103 cm³/mol. The fourth-order valence-corrected chi connectivity index (χ4v) is 4.45. The molecule has 2 aromatic carbocycles. The number of rotatable bonds is 3. The van der Waals surface area contributed by atoms with Gasteiger partial charge in [0, 0.05) is 23.9 Å². The number of benzene rings is 2. The molecule has 0 radical (unpaired) electrons. The molecule has 27 heavy (non-hydrogen) atoms. The summed E-state index contributed by atoms with van der Waals surface area (Å²) >= 11 is 0. The van der Waals surface area contributed by atoms with Crippen LogP contribution >= 0.6 is 0 Å². The summed E-state index contributed by atoms with van der Waals surface area (Å²) in [6.07, 6.45) is 6.26. The second-order valence-electron chi connectivity index (χ2n) is 7.38. The van der Waals surface area contributed by atoms with Gasteiger partial charge in [-0.3, -0.25) is 9.59 Å². The fourth-order valence-electron chi connectivity index (χ4n) is 4.45. The molecule has 4 nitrogen and oxygen atoms in total. The monoisotopic (exact) mass is 357 g/mol. The average molecular weight is 357 g/mol. The van der Waals surface area contributed by atoms with Crippen LogP contribution in [0.15, 0.2) is 60.3 Å². The number of carbonyl (C=O) groups is 2. The van der Waals surface area contributed by atoms with Gasteiger partial charge in [-0.25, -0.2) is 0 Å². The number of hydrogen-bond donors (Lipinski definition) is 0. The summed E-state index contributed by atoms with van der Waals surface area (Å²) in [5.41, 5.74) is 3.00. The molecule has 1 aliphatic heterocycles. The Hall–Kier alpha value is -3.14. The van der Waals surface area contributed by atoms with Crippen molar-refractivity contribution < 1.29 is 14.3 Å². The van der Waals surface area contributed by atoms with Gasteiger partial charge in [0.1, 0.15) is 5.75 Å². The topological polar surface area (TPSA) is 46.6 Å². The number of ketones is 1. The molecule has 2 fully saturated rings. The molecule has 0 aromatic heterocycles. The maximum absolute atomic E-state index is 13.1. The van der Waals surface area contributed by atoms with Crippen LogP contribution in [0.1, 0.15) is 27.9 Å². The predicted octanol–water partition coefficient (Wildman–Crippen LogP) is 3.79. The Kier molecular flexibility index (Phi) is 3.38. The Labute approximate surface area is 157 Å². The van der Waals surface area contributed by atoms with Crippen molar-refractivity contribution in [1.29, 1.82) is 0 Å². The van der Waals surface area contributed by atoms with Gasteiger partial charge in [0.2, 0.25) is 0 Å². The van der Waals surface area contributed by atoms with Crippen molar-refractivity contribution in [1.82, 2.24) is 4.90 Å². The summed E-state index contributed by atoms with van der Waals surface area (Å²) in [5, 5.41) is 0. The molecule has 0 bridgehead atoms. The molecule has 3 aliphatic rings. The van der Waals surface area contributed by atoms with Crippen LogP contribution in [0.2, 0.25) is 0 Å². The maximum Gasteiger partial charge on any atom is 0.250 e. The summed E-state index contributed by atoms with van der Waals surface area (Å²) < 4.78 is 5.22. The van der Waals surface area contributed by atoms with E-state index >= 15 is 0 Å². The third kappa shape index (κ3) is 2.29. The summed E-state index contributed by atoms with van der Waals surface area (Å²) in [7, 11) is 1.62. The lowest BCUT2D eigenvalue weighted by Crippen LogP contribution is -2.32. The van der Waals surface area contributed by atoms with E-state index in [1.807, 2.05) is 54.6 Å². The largest absolute Gasteiger partial charge is 0.497 e. The summed E-state index contributed by atoms with van der Waals surface area (Å²) in [6.45, 7) is 0.618. The number of amides is 1. The van der Waals surface area contributed by atoms with Crippen LogP contribution in [-0.2, 0) is 4.79 Å². The molecule has 1 spiro atoms. The van der Waals surface area contributed by atoms with E-state index in [2.05, 4.69) is 0 Å². The number of likely N-dealkylation sites (tertiary alicyclic amines) is 1.